The molecule has 2 aromatic heterocycles. The van der Waals surface area contributed by atoms with Crippen LogP contribution in [0, 0.1) is 0 Å². The van der Waals surface area contributed by atoms with Gasteiger partial charge >= 0.3 is 5.97 Å². The number of nitrogens with zero attached hydrogens (tertiary/aromatic N) is 3. The smallest absolute Gasteiger partial charge is 0.326 e. The summed E-state index contributed by atoms with van der Waals surface area (Å²) in [5.41, 5.74) is 1.87. The van der Waals surface area contributed by atoms with Crippen LogP contribution >= 0.6 is 11.6 Å². The Morgan fingerprint density at radius 1 is 0.938 bits per heavy atom. The normalized spacial score (nSPS) is 11.2. The number of ether oxygens (including phenoxy) is 1. The highest BCUT2D eigenvalue weighted by Crippen LogP contribution is 2.25. The van der Waals surface area contributed by atoms with Crippen LogP contribution in [-0.2, 0) is 22.7 Å². The van der Waals surface area contributed by atoms with Gasteiger partial charge in [-0.1, -0.05) is 53.2 Å². The zero-order valence-corrected chi connectivity index (χ0v) is 17.5. The molecular formula is C24H16ClN3O4. The fourth-order valence-corrected chi connectivity index (χ4v) is 3.85. The third-order valence-corrected chi connectivity index (χ3v) is 5.44. The van der Waals surface area contributed by atoms with Crippen molar-refractivity contribution in [2.45, 2.75) is 13.2 Å². The minimum atomic E-state index is -0.499. The predicted molar refractivity (Wildman–Crippen MR) is 120 cm³/mol. The summed E-state index contributed by atoms with van der Waals surface area (Å²) in [7, 11) is 0. The molecule has 0 radical (unpaired) electrons. The van der Waals surface area contributed by atoms with Crippen LogP contribution in [0.1, 0.15) is 5.89 Å². The van der Waals surface area contributed by atoms with Gasteiger partial charge in [0.25, 0.3) is 5.89 Å². The lowest BCUT2D eigenvalue weighted by Gasteiger charge is -2.14. The highest BCUT2D eigenvalue weighted by molar-refractivity contribution is 6.33. The fraction of sp³-hybridized carbons (Fsp3) is 0.0833. The van der Waals surface area contributed by atoms with Crippen LogP contribution in [0.25, 0.3) is 33.2 Å². The Bertz CT molecular complexity index is 1460. The van der Waals surface area contributed by atoms with Crippen molar-refractivity contribution in [1.29, 1.82) is 0 Å². The molecule has 8 heteroatoms. The van der Waals surface area contributed by atoms with E-state index in [1.54, 1.807) is 47.0 Å². The summed E-state index contributed by atoms with van der Waals surface area (Å²) in [5.74, 6) is -0.0246. The number of fused-ring (bicyclic) bond motifs is 2. The second-order valence-corrected chi connectivity index (χ2v) is 7.51. The summed E-state index contributed by atoms with van der Waals surface area (Å²) >= 11 is 6.16. The van der Waals surface area contributed by atoms with Gasteiger partial charge in [-0.25, -0.2) is 0 Å². The summed E-state index contributed by atoms with van der Waals surface area (Å²) < 4.78 is 12.3. The standard InChI is InChI=1S/C24H16ClN3O4/c25-18-10-4-1-7-15(18)24-26-21(32-27-24)14-31-22(29)13-28-19-11-5-2-8-16(19)23(30)17-9-3-6-12-20(17)28/h1-12H,13-14H2. The van der Waals surface area contributed by atoms with Crippen molar-refractivity contribution < 1.29 is 14.1 Å². The number of para-hydroxylation sites is 2. The molecule has 0 fully saturated rings. The summed E-state index contributed by atoms with van der Waals surface area (Å²) in [6.07, 6.45) is 0. The van der Waals surface area contributed by atoms with Gasteiger partial charge in [0.1, 0.15) is 6.54 Å². The Morgan fingerprint density at radius 3 is 2.25 bits per heavy atom. The maximum absolute atomic E-state index is 12.8. The van der Waals surface area contributed by atoms with Crippen LogP contribution in [0.3, 0.4) is 0 Å². The first-order valence-corrected chi connectivity index (χ1v) is 10.2. The molecule has 0 amide bonds. The van der Waals surface area contributed by atoms with Crippen molar-refractivity contribution in [2.24, 2.45) is 0 Å². The van der Waals surface area contributed by atoms with E-state index in [2.05, 4.69) is 10.1 Å². The van der Waals surface area contributed by atoms with E-state index in [0.717, 1.165) is 0 Å². The zero-order chi connectivity index (χ0) is 22.1. The highest BCUT2D eigenvalue weighted by Gasteiger charge is 2.16. The highest BCUT2D eigenvalue weighted by atomic mass is 35.5. The lowest BCUT2D eigenvalue weighted by Crippen LogP contribution is -2.18. The maximum Gasteiger partial charge on any atom is 0.326 e. The van der Waals surface area contributed by atoms with E-state index in [4.69, 9.17) is 20.9 Å². The third-order valence-electron chi connectivity index (χ3n) is 5.11. The van der Waals surface area contributed by atoms with Gasteiger partial charge in [-0.15, -0.1) is 0 Å². The van der Waals surface area contributed by atoms with E-state index in [1.165, 1.54) is 0 Å². The van der Waals surface area contributed by atoms with Crippen molar-refractivity contribution in [1.82, 2.24) is 14.7 Å². The van der Waals surface area contributed by atoms with Crippen molar-refractivity contribution in [3.05, 3.63) is 93.9 Å². The summed E-state index contributed by atoms with van der Waals surface area (Å²) in [6, 6.07) is 21.5. The van der Waals surface area contributed by atoms with E-state index < -0.39 is 5.97 Å². The number of pyridine rings is 1. The molecule has 5 rings (SSSR count). The zero-order valence-electron chi connectivity index (χ0n) is 16.7. The first-order valence-electron chi connectivity index (χ1n) is 9.85. The molecule has 158 valence electrons. The molecule has 0 aliphatic rings. The number of rotatable bonds is 5. The molecule has 0 N–H and O–H groups in total. The van der Waals surface area contributed by atoms with Crippen LogP contribution in [0.5, 0.6) is 0 Å². The van der Waals surface area contributed by atoms with Gasteiger partial charge in [0.05, 0.1) is 16.1 Å². The van der Waals surface area contributed by atoms with Gasteiger partial charge in [0, 0.05) is 16.3 Å². The molecule has 0 unspecified atom stereocenters. The predicted octanol–water partition coefficient (Wildman–Crippen LogP) is 4.60. The second kappa shape index (κ2) is 8.28. The van der Waals surface area contributed by atoms with E-state index >= 15 is 0 Å². The minimum Gasteiger partial charge on any atom is -0.454 e. The first-order chi connectivity index (χ1) is 15.6. The van der Waals surface area contributed by atoms with Crippen molar-refractivity contribution in [3.63, 3.8) is 0 Å². The van der Waals surface area contributed by atoms with Crippen LogP contribution in [-0.4, -0.2) is 20.7 Å². The van der Waals surface area contributed by atoms with Crippen LogP contribution < -0.4 is 5.43 Å². The Kier molecular flexibility index (Phi) is 5.17. The van der Waals surface area contributed by atoms with Gasteiger partial charge in [-0.2, -0.15) is 4.98 Å². The average molecular weight is 446 g/mol. The second-order valence-electron chi connectivity index (χ2n) is 7.10. The number of benzene rings is 3. The molecule has 32 heavy (non-hydrogen) atoms. The number of esters is 1. The van der Waals surface area contributed by atoms with Crippen LogP contribution in [0.4, 0.5) is 0 Å². The average Bonchev–Trinajstić information content (AvgIpc) is 3.29. The largest absolute Gasteiger partial charge is 0.454 e. The van der Waals surface area contributed by atoms with Crippen molar-refractivity contribution in [2.75, 3.05) is 0 Å². The molecular weight excluding hydrogens is 430 g/mol. The molecule has 5 aromatic rings. The molecule has 2 heterocycles. The number of halogens is 1. The van der Waals surface area contributed by atoms with E-state index in [1.807, 2.05) is 30.3 Å². The maximum atomic E-state index is 12.8. The number of hydrogen-bond acceptors (Lipinski definition) is 6. The SMILES string of the molecule is O=C(Cn1c2ccccc2c(=O)c2ccccc21)OCc1nc(-c2ccccc2Cl)no1. The molecule has 0 aliphatic heterocycles. The monoisotopic (exact) mass is 445 g/mol. The molecule has 0 saturated carbocycles. The van der Waals surface area contributed by atoms with Gasteiger partial charge in [-0.3, -0.25) is 9.59 Å². The lowest BCUT2D eigenvalue weighted by molar-refractivity contribution is -0.146. The van der Waals surface area contributed by atoms with Gasteiger partial charge in [-0.05, 0) is 36.4 Å². The molecule has 0 spiro atoms. The van der Waals surface area contributed by atoms with Crippen LogP contribution in [0.2, 0.25) is 5.02 Å². The fourth-order valence-electron chi connectivity index (χ4n) is 3.63. The summed E-state index contributed by atoms with van der Waals surface area (Å²) in [4.78, 5) is 29.7. The van der Waals surface area contributed by atoms with Gasteiger partial charge in [0.2, 0.25) is 5.82 Å². The van der Waals surface area contributed by atoms with E-state index in [0.29, 0.717) is 38.2 Å². The quantitative estimate of drug-likeness (QED) is 0.290. The van der Waals surface area contributed by atoms with Crippen LogP contribution in [0.15, 0.2) is 82.1 Å². The number of hydrogen-bond donors (Lipinski definition) is 0. The molecule has 0 atom stereocenters. The lowest BCUT2D eigenvalue weighted by atomic mass is 10.1. The number of carbonyl (C=O) groups excluding carboxylic acids is 1. The molecule has 7 nitrogen and oxygen atoms in total. The minimum absolute atomic E-state index is 0.0706. The van der Waals surface area contributed by atoms with E-state index in [-0.39, 0.29) is 24.5 Å². The molecule has 0 saturated heterocycles. The molecule has 0 bridgehead atoms. The Morgan fingerprint density at radius 2 is 1.56 bits per heavy atom. The Labute approximate surface area is 186 Å². The topological polar surface area (TPSA) is 87.2 Å². The first kappa shape index (κ1) is 20.0. The summed E-state index contributed by atoms with van der Waals surface area (Å²) in [6.45, 7) is -0.251. The van der Waals surface area contributed by atoms with Crippen molar-refractivity contribution in [3.8, 4) is 11.4 Å². The summed E-state index contributed by atoms with van der Waals surface area (Å²) in [5, 5.41) is 5.48. The van der Waals surface area contributed by atoms with Gasteiger partial charge < -0.3 is 13.8 Å². The molecule has 0 aliphatic carbocycles. The Hall–Kier alpha value is -3.97. The van der Waals surface area contributed by atoms with E-state index in [9.17, 15) is 9.59 Å². The number of carbonyl (C=O) groups is 1. The van der Waals surface area contributed by atoms with Crippen molar-refractivity contribution >= 4 is 39.4 Å². The third kappa shape index (κ3) is 3.63. The molecule has 3 aromatic carbocycles. The van der Waals surface area contributed by atoms with Gasteiger partial charge in [0.15, 0.2) is 12.0 Å². The Balaban J connectivity index is 1.39. The number of aromatic nitrogens is 3.